The van der Waals surface area contributed by atoms with E-state index in [2.05, 4.69) is 11.9 Å². The van der Waals surface area contributed by atoms with Gasteiger partial charge >= 0.3 is 6.18 Å². The number of alkyl halides is 3. The lowest BCUT2D eigenvalue weighted by atomic mass is 9.83. The Morgan fingerprint density at radius 1 is 1.24 bits per heavy atom. The second kappa shape index (κ2) is 5.32. The lowest BCUT2D eigenvalue weighted by molar-refractivity contribution is -0.137. The molecular formula is C17H18F3N. The first-order chi connectivity index (χ1) is 9.97. The molecular weight excluding hydrogens is 275 g/mol. The first-order valence-electron chi connectivity index (χ1n) is 7.47. The van der Waals surface area contributed by atoms with Gasteiger partial charge in [-0.2, -0.15) is 13.2 Å². The molecule has 0 saturated carbocycles. The minimum Gasteiger partial charge on any atom is -0.253 e. The Morgan fingerprint density at radius 3 is 2.76 bits per heavy atom. The third-order valence-electron chi connectivity index (χ3n) is 4.31. The molecule has 0 aliphatic heterocycles. The van der Waals surface area contributed by atoms with Crippen LogP contribution in [0.1, 0.15) is 43.0 Å². The number of benzene rings is 1. The topological polar surface area (TPSA) is 12.9 Å². The van der Waals surface area contributed by atoms with Crippen molar-refractivity contribution >= 4 is 10.9 Å². The van der Waals surface area contributed by atoms with E-state index in [4.69, 9.17) is 0 Å². The van der Waals surface area contributed by atoms with E-state index in [-0.39, 0.29) is 0 Å². The summed E-state index contributed by atoms with van der Waals surface area (Å²) in [5.74, 6) is 0.691. The fourth-order valence-electron chi connectivity index (χ4n) is 3.23. The van der Waals surface area contributed by atoms with Gasteiger partial charge in [-0.25, -0.2) is 0 Å². The molecule has 112 valence electrons. The summed E-state index contributed by atoms with van der Waals surface area (Å²) in [6, 6.07) is 5.87. The van der Waals surface area contributed by atoms with Crippen molar-refractivity contribution in [1.82, 2.24) is 4.98 Å². The summed E-state index contributed by atoms with van der Waals surface area (Å²) in [4.78, 5) is 4.48. The molecule has 1 aromatic heterocycles. The van der Waals surface area contributed by atoms with Gasteiger partial charge in [0.2, 0.25) is 0 Å². The van der Waals surface area contributed by atoms with Crippen molar-refractivity contribution in [3.63, 3.8) is 0 Å². The number of hydrogen-bond donors (Lipinski definition) is 0. The zero-order valence-corrected chi connectivity index (χ0v) is 12.0. The predicted octanol–water partition coefficient (Wildman–Crippen LogP) is 5.16. The summed E-state index contributed by atoms with van der Waals surface area (Å²) in [5.41, 5.74) is 2.03. The van der Waals surface area contributed by atoms with Crippen LogP contribution in [0.2, 0.25) is 0 Å². The molecule has 1 atom stereocenters. The molecule has 0 saturated heterocycles. The van der Waals surface area contributed by atoms with Crippen molar-refractivity contribution in [3.8, 4) is 0 Å². The molecule has 1 heterocycles. The third-order valence-corrected chi connectivity index (χ3v) is 4.31. The first kappa shape index (κ1) is 14.4. The summed E-state index contributed by atoms with van der Waals surface area (Å²) in [6.45, 7) is 2.19. The summed E-state index contributed by atoms with van der Waals surface area (Å²) >= 11 is 0. The fraction of sp³-hybridized carbons (Fsp3) is 0.471. The molecule has 2 aromatic rings. The van der Waals surface area contributed by atoms with Crippen LogP contribution in [0.15, 0.2) is 24.3 Å². The van der Waals surface area contributed by atoms with Gasteiger partial charge in [-0.3, -0.25) is 4.98 Å². The zero-order valence-electron chi connectivity index (χ0n) is 12.0. The lowest BCUT2D eigenvalue weighted by Crippen LogP contribution is -2.15. The van der Waals surface area contributed by atoms with Gasteiger partial charge in [-0.15, -0.1) is 0 Å². The number of rotatable bonds is 2. The van der Waals surface area contributed by atoms with Gasteiger partial charge in [0.25, 0.3) is 0 Å². The van der Waals surface area contributed by atoms with Crippen LogP contribution in [0.25, 0.3) is 10.9 Å². The highest BCUT2D eigenvalue weighted by Crippen LogP contribution is 2.33. The molecule has 4 heteroatoms. The van der Waals surface area contributed by atoms with Crippen LogP contribution in [-0.4, -0.2) is 4.98 Å². The van der Waals surface area contributed by atoms with E-state index in [9.17, 15) is 13.2 Å². The van der Waals surface area contributed by atoms with Crippen molar-refractivity contribution in [2.24, 2.45) is 5.92 Å². The lowest BCUT2D eigenvalue weighted by Gasteiger charge is -2.24. The van der Waals surface area contributed by atoms with Crippen molar-refractivity contribution in [2.45, 2.75) is 45.2 Å². The Kier molecular flexibility index (Phi) is 3.64. The van der Waals surface area contributed by atoms with Crippen LogP contribution < -0.4 is 0 Å². The predicted molar refractivity (Wildman–Crippen MR) is 77.2 cm³/mol. The number of halogens is 3. The minimum atomic E-state index is -4.31. The minimum absolute atomic E-state index is 0.456. The first-order valence-corrected chi connectivity index (χ1v) is 7.47. The maximum atomic E-state index is 12.8. The standard InChI is InChI=1S/C17H18F3N/c1-2-3-11-4-7-15-13(8-11)9-12-5-6-14(17(18,19)20)10-16(12)21-15/h5-6,9-11H,2-4,7-8H2,1H3/t11-/m0/s1. The maximum absolute atomic E-state index is 12.8. The molecule has 0 N–H and O–H groups in total. The van der Waals surface area contributed by atoms with E-state index in [0.29, 0.717) is 11.4 Å². The van der Waals surface area contributed by atoms with Gasteiger partial charge in [0.05, 0.1) is 11.1 Å². The Hall–Kier alpha value is -1.58. The van der Waals surface area contributed by atoms with Gasteiger partial charge in [-0.05, 0) is 48.9 Å². The second-order valence-electron chi connectivity index (χ2n) is 5.90. The van der Waals surface area contributed by atoms with Crippen LogP contribution in [0.4, 0.5) is 13.2 Å². The second-order valence-corrected chi connectivity index (χ2v) is 5.90. The van der Waals surface area contributed by atoms with Crippen LogP contribution in [0.3, 0.4) is 0 Å². The number of hydrogen-bond acceptors (Lipinski definition) is 1. The molecule has 1 aliphatic carbocycles. The van der Waals surface area contributed by atoms with Gasteiger partial charge in [0, 0.05) is 11.1 Å². The maximum Gasteiger partial charge on any atom is 0.416 e. The highest BCUT2D eigenvalue weighted by atomic mass is 19.4. The van der Waals surface area contributed by atoms with E-state index in [1.54, 1.807) is 0 Å². The smallest absolute Gasteiger partial charge is 0.253 e. The monoisotopic (exact) mass is 293 g/mol. The molecule has 0 fully saturated rings. The van der Waals surface area contributed by atoms with E-state index in [1.165, 1.54) is 24.5 Å². The molecule has 0 amide bonds. The largest absolute Gasteiger partial charge is 0.416 e. The van der Waals surface area contributed by atoms with E-state index >= 15 is 0 Å². The Bertz CT molecular complexity index is 661. The zero-order chi connectivity index (χ0) is 15.0. The average molecular weight is 293 g/mol. The van der Waals surface area contributed by atoms with Gasteiger partial charge < -0.3 is 0 Å². The highest BCUT2D eigenvalue weighted by Gasteiger charge is 2.30. The van der Waals surface area contributed by atoms with Crippen molar-refractivity contribution in [3.05, 3.63) is 41.1 Å². The number of aromatic nitrogens is 1. The summed E-state index contributed by atoms with van der Waals surface area (Å²) in [7, 11) is 0. The van der Waals surface area contributed by atoms with E-state index < -0.39 is 11.7 Å². The molecule has 1 aromatic carbocycles. The van der Waals surface area contributed by atoms with Crippen LogP contribution in [-0.2, 0) is 19.0 Å². The van der Waals surface area contributed by atoms with E-state index in [1.807, 2.05) is 6.07 Å². The van der Waals surface area contributed by atoms with E-state index in [0.717, 1.165) is 42.5 Å². The SMILES string of the molecule is CCC[C@H]1CCc2nc3cc(C(F)(F)F)ccc3cc2C1. The molecule has 3 rings (SSSR count). The average Bonchev–Trinajstić information content (AvgIpc) is 2.44. The molecule has 0 bridgehead atoms. The number of nitrogens with zero attached hydrogens (tertiary/aromatic N) is 1. The molecule has 0 radical (unpaired) electrons. The normalized spacial score (nSPS) is 18.8. The Balaban J connectivity index is 1.99. The van der Waals surface area contributed by atoms with Crippen LogP contribution >= 0.6 is 0 Å². The van der Waals surface area contributed by atoms with Gasteiger partial charge in [-0.1, -0.05) is 25.8 Å². The van der Waals surface area contributed by atoms with Crippen molar-refractivity contribution in [2.75, 3.05) is 0 Å². The van der Waals surface area contributed by atoms with Crippen molar-refractivity contribution < 1.29 is 13.2 Å². The fourth-order valence-corrected chi connectivity index (χ4v) is 3.23. The molecule has 1 aliphatic rings. The van der Waals surface area contributed by atoms with Gasteiger partial charge in [0.15, 0.2) is 0 Å². The molecule has 0 spiro atoms. The molecule has 0 unspecified atom stereocenters. The van der Waals surface area contributed by atoms with Crippen molar-refractivity contribution in [1.29, 1.82) is 0 Å². The highest BCUT2D eigenvalue weighted by molar-refractivity contribution is 5.80. The summed E-state index contributed by atoms with van der Waals surface area (Å²) < 4.78 is 38.3. The molecule has 21 heavy (non-hydrogen) atoms. The number of fused-ring (bicyclic) bond motifs is 2. The van der Waals surface area contributed by atoms with Crippen LogP contribution in [0.5, 0.6) is 0 Å². The quantitative estimate of drug-likeness (QED) is 0.745. The summed E-state index contributed by atoms with van der Waals surface area (Å²) in [5, 5.41) is 0.805. The van der Waals surface area contributed by atoms with Gasteiger partial charge in [0.1, 0.15) is 0 Å². The Morgan fingerprint density at radius 2 is 2.05 bits per heavy atom. The Labute approximate surface area is 122 Å². The molecule has 1 nitrogen and oxygen atoms in total. The number of pyridine rings is 1. The van der Waals surface area contributed by atoms with Crippen LogP contribution in [0, 0.1) is 5.92 Å². The third kappa shape index (κ3) is 2.89. The number of aryl methyl sites for hydroxylation is 1. The summed E-state index contributed by atoms with van der Waals surface area (Å²) in [6.07, 6.45) is 1.07.